The molecule has 2 heterocycles. The average Bonchev–Trinajstić information content (AvgIpc) is 2.67. The smallest absolute Gasteiger partial charge is 0.0594 e. The van der Waals surface area contributed by atoms with Gasteiger partial charge in [-0.15, -0.1) is 0 Å². The summed E-state index contributed by atoms with van der Waals surface area (Å²) in [6, 6.07) is 1.49. The number of hydrogen-bond acceptors (Lipinski definition) is 3. The van der Waals surface area contributed by atoms with Crippen molar-refractivity contribution in [3.63, 3.8) is 0 Å². The maximum atomic E-state index is 5.37. The molecule has 2 fully saturated rings. The second kappa shape index (κ2) is 4.40. The zero-order valence-electron chi connectivity index (χ0n) is 8.46. The lowest BCUT2D eigenvalue weighted by Gasteiger charge is -2.34. The molecule has 0 saturated carbocycles. The maximum Gasteiger partial charge on any atom is 0.0594 e. The molecule has 0 unspecified atom stereocenters. The summed E-state index contributed by atoms with van der Waals surface area (Å²) in [4.78, 5) is 2.59. The zero-order chi connectivity index (χ0) is 9.10. The van der Waals surface area contributed by atoms with Gasteiger partial charge < -0.3 is 10.1 Å². The first-order chi connectivity index (χ1) is 6.42. The third-order valence-electron chi connectivity index (χ3n) is 3.27. The van der Waals surface area contributed by atoms with Crippen molar-refractivity contribution < 1.29 is 4.74 Å². The summed E-state index contributed by atoms with van der Waals surface area (Å²) in [5.41, 5.74) is 0. The Balaban J connectivity index is 1.90. The van der Waals surface area contributed by atoms with Crippen LogP contribution in [0.15, 0.2) is 0 Å². The van der Waals surface area contributed by atoms with Gasteiger partial charge in [-0.2, -0.15) is 0 Å². The molecule has 0 radical (unpaired) electrons. The van der Waals surface area contributed by atoms with Crippen molar-refractivity contribution in [3.8, 4) is 0 Å². The Bertz CT molecular complexity index is 157. The maximum absolute atomic E-state index is 5.37. The van der Waals surface area contributed by atoms with Crippen LogP contribution in [0.3, 0.4) is 0 Å². The lowest BCUT2D eigenvalue weighted by atomic mass is 10.1. The predicted octanol–water partition coefficient (Wildman–Crippen LogP) is 0.459. The molecule has 0 bridgehead atoms. The number of morpholine rings is 1. The standard InChI is InChI=1S/C10H20N2O/c1-2-9-10(3-4-11-9)12-5-7-13-8-6-12/h9-11H,2-8H2,1H3/t9-,10+/m0/s1. The Labute approximate surface area is 80.4 Å². The van der Waals surface area contributed by atoms with Gasteiger partial charge in [-0.3, -0.25) is 4.90 Å². The molecule has 2 rings (SSSR count). The van der Waals surface area contributed by atoms with Gasteiger partial charge in [0, 0.05) is 25.2 Å². The molecule has 0 aliphatic carbocycles. The summed E-state index contributed by atoms with van der Waals surface area (Å²) >= 11 is 0. The Hall–Kier alpha value is -0.120. The first-order valence-corrected chi connectivity index (χ1v) is 5.47. The molecule has 3 heteroatoms. The molecular weight excluding hydrogens is 164 g/mol. The van der Waals surface area contributed by atoms with Gasteiger partial charge in [0.2, 0.25) is 0 Å². The van der Waals surface area contributed by atoms with Crippen molar-refractivity contribution in [1.82, 2.24) is 10.2 Å². The van der Waals surface area contributed by atoms with Crippen molar-refractivity contribution >= 4 is 0 Å². The first-order valence-electron chi connectivity index (χ1n) is 5.47. The second-order valence-electron chi connectivity index (χ2n) is 3.97. The van der Waals surface area contributed by atoms with E-state index in [1.165, 1.54) is 19.4 Å². The van der Waals surface area contributed by atoms with Gasteiger partial charge in [-0.25, -0.2) is 0 Å². The highest BCUT2D eigenvalue weighted by Crippen LogP contribution is 2.18. The monoisotopic (exact) mass is 184 g/mol. The molecule has 2 atom stereocenters. The average molecular weight is 184 g/mol. The summed E-state index contributed by atoms with van der Waals surface area (Å²) in [6.07, 6.45) is 2.57. The molecule has 0 aromatic carbocycles. The molecule has 0 amide bonds. The molecule has 76 valence electrons. The highest BCUT2D eigenvalue weighted by Gasteiger charge is 2.30. The van der Waals surface area contributed by atoms with Crippen molar-refractivity contribution in [2.24, 2.45) is 0 Å². The minimum atomic E-state index is 0.720. The fourth-order valence-electron chi connectivity index (χ4n) is 2.52. The Morgan fingerprint density at radius 2 is 2.15 bits per heavy atom. The van der Waals surface area contributed by atoms with Crippen LogP contribution < -0.4 is 5.32 Å². The molecule has 13 heavy (non-hydrogen) atoms. The summed E-state index contributed by atoms with van der Waals surface area (Å²) in [5.74, 6) is 0. The van der Waals surface area contributed by atoms with Gasteiger partial charge in [-0.05, 0) is 19.4 Å². The van der Waals surface area contributed by atoms with Crippen LogP contribution in [0.2, 0.25) is 0 Å². The first kappa shape index (κ1) is 9.44. The SMILES string of the molecule is CC[C@@H]1NCC[C@H]1N1CCOCC1. The van der Waals surface area contributed by atoms with E-state index in [4.69, 9.17) is 4.74 Å². The van der Waals surface area contributed by atoms with Gasteiger partial charge in [0.25, 0.3) is 0 Å². The molecule has 2 aliphatic rings. The second-order valence-corrected chi connectivity index (χ2v) is 3.97. The summed E-state index contributed by atoms with van der Waals surface area (Å²) in [6.45, 7) is 7.57. The van der Waals surface area contributed by atoms with E-state index < -0.39 is 0 Å². The quantitative estimate of drug-likeness (QED) is 0.675. The third kappa shape index (κ3) is 2.03. The Morgan fingerprint density at radius 3 is 2.85 bits per heavy atom. The lowest BCUT2D eigenvalue weighted by molar-refractivity contribution is 0.0138. The van der Waals surface area contributed by atoms with E-state index in [2.05, 4.69) is 17.1 Å². The van der Waals surface area contributed by atoms with Crippen LogP contribution in [0.25, 0.3) is 0 Å². The van der Waals surface area contributed by atoms with E-state index >= 15 is 0 Å². The van der Waals surface area contributed by atoms with Gasteiger partial charge >= 0.3 is 0 Å². The normalized spacial score (nSPS) is 36.7. The largest absolute Gasteiger partial charge is 0.379 e. The van der Waals surface area contributed by atoms with E-state index in [1.807, 2.05) is 0 Å². The molecule has 1 N–H and O–H groups in total. The lowest BCUT2D eigenvalue weighted by Crippen LogP contribution is -2.48. The van der Waals surface area contributed by atoms with Crippen LogP contribution in [-0.4, -0.2) is 49.8 Å². The van der Waals surface area contributed by atoms with Gasteiger partial charge in [0.1, 0.15) is 0 Å². The molecule has 3 nitrogen and oxygen atoms in total. The number of hydrogen-bond donors (Lipinski definition) is 1. The summed E-state index contributed by atoms with van der Waals surface area (Å²) in [5, 5.41) is 3.57. The molecule has 0 aromatic rings. The summed E-state index contributed by atoms with van der Waals surface area (Å²) in [7, 11) is 0. The number of nitrogens with zero attached hydrogens (tertiary/aromatic N) is 1. The molecule has 0 spiro atoms. The zero-order valence-corrected chi connectivity index (χ0v) is 8.46. The van der Waals surface area contributed by atoms with Crippen LogP contribution in [-0.2, 0) is 4.74 Å². The number of ether oxygens (including phenoxy) is 1. The minimum absolute atomic E-state index is 0.720. The Kier molecular flexibility index (Phi) is 3.19. The number of nitrogens with one attached hydrogen (secondary N) is 1. The predicted molar refractivity (Wildman–Crippen MR) is 52.9 cm³/mol. The van der Waals surface area contributed by atoms with Crippen LogP contribution in [0, 0.1) is 0 Å². The summed E-state index contributed by atoms with van der Waals surface area (Å²) < 4.78 is 5.37. The van der Waals surface area contributed by atoms with Gasteiger partial charge in [0.05, 0.1) is 13.2 Å². The molecule has 2 aliphatic heterocycles. The van der Waals surface area contributed by atoms with Crippen molar-refractivity contribution in [1.29, 1.82) is 0 Å². The van der Waals surface area contributed by atoms with E-state index in [0.717, 1.165) is 38.4 Å². The van der Waals surface area contributed by atoms with Crippen LogP contribution in [0.5, 0.6) is 0 Å². The molecular formula is C10H20N2O. The van der Waals surface area contributed by atoms with Crippen molar-refractivity contribution in [2.75, 3.05) is 32.8 Å². The Morgan fingerprint density at radius 1 is 1.38 bits per heavy atom. The fraction of sp³-hybridized carbons (Fsp3) is 1.00. The highest BCUT2D eigenvalue weighted by atomic mass is 16.5. The third-order valence-corrected chi connectivity index (χ3v) is 3.27. The van der Waals surface area contributed by atoms with Crippen LogP contribution >= 0.6 is 0 Å². The van der Waals surface area contributed by atoms with Gasteiger partial charge in [0.15, 0.2) is 0 Å². The van der Waals surface area contributed by atoms with E-state index in [9.17, 15) is 0 Å². The van der Waals surface area contributed by atoms with E-state index in [0.29, 0.717) is 0 Å². The highest BCUT2D eigenvalue weighted by molar-refractivity contribution is 4.90. The topological polar surface area (TPSA) is 24.5 Å². The number of rotatable bonds is 2. The van der Waals surface area contributed by atoms with Crippen LogP contribution in [0.1, 0.15) is 19.8 Å². The molecule has 2 saturated heterocycles. The van der Waals surface area contributed by atoms with Crippen LogP contribution in [0.4, 0.5) is 0 Å². The minimum Gasteiger partial charge on any atom is -0.379 e. The van der Waals surface area contributed by atoms with E-state index in [-0.39, 0.29) is 0 Å². The molecule has 0 aromatic heterocycles. The van der Waals surface area contributed by atoms with Crippen molar-refractivity contribution in [3.05, 3.63) is 0 Å². The van der Waals surface area contributed by atoms with Gasteiger partial charge in [-0.1, -0.05) is 6.92 Å². The van der Waals surface area contributed by atoms with Crippen molar-refractivity contribution in [2.45, 2.75) is 31.8 Å². The fourth-order valence-corrected chi connectivity index (χ4v) is 2.52. The van der Waals surface area contributed by atoms with E-state index in [1.54, 1.807) is 0 Å².